The first-order valence-electron chi connectivity index (χ1n) is 10.8. The van der Waals surface area contributed by atoms with E-state index < -0.39 is 6.16 Å². The van der Waals surface area contributed by atoms with Gasteiger partial charge in [0.25, 0.3) is 0 Å². The van der Waals surface area contributed by atoms with Crippen LogP contribution in [0.15, 0.2) is 48.5 Å². The van der Waals surface area contributed by atoms with E-state index >= 15 is 0 Å². The Morgan fingerprint density at radius 2 is 1.14 bits per heavy atom. The van der Waals surface area contributed by atoms with Crippen LogP contribution in [0.3, 0.4) is 0 Å². The molecule has 3 heteroatoms. The van der Waals surface area contributed by atoms with Gasteiger partial charge in [-0.05, 0) is 42.5 Å². The molecule has 0 aliphatic heterocycles. The molecular weight excluding hydrogens is 348 g/mol. The zero-order chi connectivity index (χ0) is 20.0. The smallest absolute Gasteiger partial charge is 0.394 e. The van der Waals surface area contributed by atoms with E-state index in [-0.39, 0.29) is 0 Å². The maximum absolute atomic E-state index is 12.3. The predicted molar refractivity (Wildman–Crippen MR) is 115 cm³/mol. The minimum Gasteiger partial charge on any atom is -0.394 e. The molecule has 0 N–H and O–H groups in total. The summed E-state index contributed by atoms with van der Waals surface area (Å²) in [5.41, 5.74) is 2.09. The van der Waals surface area contributed by atoms with E-state index in [1.165, 1.54) is 38.5 Å². The third-order valence-corrected chi connectivity index (χ3v) is 4.90. The Hall–Kier alpha value is -2.29. The Kier molecular flexibility index (Phi) is 10.2. The Bertz CT molecular complexity index is 708. The molecule has 0 saturated carbocycles. The highest BCUT2D eigenvalue weighted by molar-refractivity contribution is 5.68. The van der Waals surface area contributed by atoms with Crippen LogP contribution in [0.4, 0.5) is 4.79 Å². The zero-order valence-electron chi connectivity index (χ0n) is 17.4. The second-order valence-corrected chi connectivity index (χ2v) is 7.29. The number of aryl methyl sites for hydroxylation is 2. The number of para-hydroxylation sites is 2. The molecule has 0 atom stereocenters. The van der Waals surface area contributed by atoms with Gasteiger partial charge in [0, 0.05) is 0 Å². The van der Waals surface area contributed by atoms with Crippen molar-refractivity contribution in [3.63, 3.8) is 0 Å². The van der Waals surface area contributed by atoms with E-state index in [4.69, 9.17) is 9.47 Å². The Balaban J connectivity index is 1.86. The molecule has 0 saturated heterocycles. The van der Waals surface area contributed by atoms with Crippen molar-refractivity contribution in [2.45, 2.75) is 78.1 Å². The SMILES string of the molecule is CCCCCCCCCc1ccccc1OC(=O)Oc1ccccc1CCC. The first-order chi connectivity index (χ1) is 13.7. The summed E-state index contributed by atoms with van der Waals surface area (Å²) in [7, 11) is 0. The Labute approximate surface area is 170 Å². The van der Waals surface area contributed by atoms with E-state index in [0.717, 1.165) is 36.8 Å². The second-order valence-electron chi connectivity index (χ2n) is 7.29. The second kappa shape index (κ2) is 13.0. The lowest BCUT2D eigenvalue weighted by Gasteiger charge is -2.12. The fraction of sp³-hybridized carbons (Fsp3) is 0.480. The first-order valence-corrected chi connectivity index (χ1v) is 10.8. The van der Waals surface area contributed by atoms with Gasteiger partial charge in [-0.25, -0.2) is 4.79 Å². The van der Waals surface area contributed by atoms with Crippen molar-refractivity contribution >= 4 is 6.16 Å². The molecule has 0 unspecified atom stereocenters. The molecule has 0 bridgehead atoms. The highest BCUT2D eigenvalue weighted by atomic mass is 16.7. The van der Waals surface area contributed by atoms with Crippen LogP contribution in [0.1, 0.15) is 76.3 Å². The van der Waals surface area contributed by atoms with E-state index in [9.17, 15) is 4.79 Å². The molecule has 28 heavy (non-hydrogen) atoms. The molecule has 0 heterocycles. The summed E-state index contributed by atoms with van der Waals surface area (Å²) in [6.07, 6.45) is 11.0. The number of carbonyl (C=O) groups is 1. The zero-order valence-corrected chi connectivity index (χ0v) is 17.4. The summed E-state index contributed by atoms with van der Waals surface area (Å²) in [5, 5.41) is 0. The molecule has 0 radical (unpaired) electrons. The summed E-state index contributed by atoms with van der Waals surface area (Å²) in [5.74, 6) is 1.19. The van der Waals surface area contributed by atoms with Crippen molar-refractivity contribution in [1.29, 1.82) is 0 Å². The number of rotatable bonds is 12. The van der Waals surface area contributed by atoms with E-state index in [2.05, 4.69) is 13.8 Å². The van der Waals surface area contributed by atoms with Gasteiger partial charge >= 0.3 is 6.16 Å². The van der Waals surface area contributed by atoms with Crippen molar-refractivity contribution in [3.05, 3.63) is 59.7 Å². The molecule has 3 nitrogen and oxygen atoms in total. The van der Waals surface area contributed by atoms with Crippen LogP contribution in [0.25, 0.3) is 0 Å². The third-order valence-electron chi connectivity index (χ3n) is 4.90. The van der Waals surface area contributed by atoms with E-state index in [0.29, 0.717) is 11.5 Å². The van der Waals surface area contributed by atoms with Gasteiger partial charge in [-0.3, -0.25) is 0 Å². The normalized spacial score (nSPS) is 10.6. The van der Waals surface area contributed by atoms with Crippen molar-refractivity contribution in [3.8, 4) is 11.5 Å². The highest BCUT2D eigenvalue weighted by Crippen LogP contribution is 2.24. The van der Waals surface area contributed by atoms with Crippen LogP contribution in [0.2, 0.25) is 0 Å². The molecule has 152 valence electrons. The molecule has 2 aromatic carbocycles. The lowest BCUT2D eigenvalue weighted by molar-refractivity contribution is 0.151. The monoisotopic (exact) mass is 382 g/mol. The summed E-state index contributed by atoms with van der Waals surface area (Å²) in [6, 6.07) is 15.4. The van der Waals surface area contributed by atoms with Crippen molar-refractivity contribution in [2.24, 2.45) is 0 Å². The quantitative estimate of drug-likeness (QED) is 0.216. The fourth-order valence-electron chi connectivity index (χ4n) is 3.36. The average Bonchev–Trinajstić information content (AvgIpc) is 2.70. The summed E-state index contributed by atoms with van der Waals surface area (Å²) < 4.78 is 11.0. The van der Waals surface area contributed by atoms with E-state index in [1.807, 2.05) is 48.5 Å². The summed E-state index contributed by atoms with van der Waals surface area (Å²) in [4.78, 5) is 12.3. The van der Waals surface area contributed by atoms with Crippen LogP contribution in [0, 0.1) is 0 Å². The number of carbonyl (C=O) groups excluding carboxylic acids is 1. The number of hydrogen-bond donors (Lipinski definition) is 0. The van der Waals surface area contributed by atoms with Crippen LogP contribution in [-0.2, 0) is 12.8 Å². The molecule has 0 fully saturated rings. The van der Waals surface area contributed by atoms with Gasteiger partial charge in [-0.2, -0.15) is 0 Å². The lowest BCUT2D eigenvalue weighted by Crippen LogP contribution is -2.15. The largest absolute Gasteiger partial charge is 0.519 e. The molecule has 0 spiro atoms. The molecule has 2 aromatic rings. The van der Waals surface area contributed by atoms with Crippen LogP contribution < -0.4 is 9.47 Å². The topological polar surface area (TPSA) is 35.5 Å². The standard InChI is InChI=1S/C25H34O3/c1-3-5-6-7-8-9-10-16-22-18-12-14-20-24(22)28-25(26)27-23-19-13-11-17-21(23)15-4-2/h11-14,17-20H,3-10,15-16H2,1-2H3. The summed E-state index contributed by atoms with van der Waals surface area (Å²) >= 11 is 0. The molecule has 0 aromatic heterocycles. The van der Waals surface area contributed by atoms with Gasteiger partial charge in [-0.15, -0.1) is 0 Å². The number of ether oxygens (including phenoxy) is 2. The van der Waals surface area contributed by atoms with Gasteiger partial charge in [0.05, 0.1) is 0 Å². The van der Waals surface area contributed by atoms with Crippen molar-refractivity contribution in [1.82, 2.24) is 0 Å². The Morgan fingerprint density at radius 1 is 0.643 bits per heavy atom. The number of hydrogen-bond acceptors (Lipinski definition) is 3. The number of benzene rings is 2. The van der Waals surface area contributed by atoms with Crippen LogP contribution >= 0.6 is 0 Å². The third kappa shape index (κ3) is 7.75. The lowest BCUT2D eigenvalue weighted by atomic mass is 10.0. The first kappa shape index (κ1) is 22.0. The molecule has 0 aliphatic rings. The van der Waals surface area contributed by atoms with E-state index in [1.54, 1.807) is 0 Å². The average molecular weight is 383 g/mol. The van der Waals surface area contributed by atoms with Gasteiger partial charge < -0.3 is 9.47 Å². The predicted octanol–water partition coefficient (Wildman–Crippen LogP) is 7.51. The van der Waals surface area contributed by atoms with Gasteiger partial charge in [0.2, 0.25) is 0 Å². The minimum absolute atomic E-state index is 0.582. The Morgan fingerprint density at radius 3 is 1.71 bits per heavy atom. The van der Waals surface area contributed by atoms with Crippen LogP contribution in [0.5, 0.6) is 11.5 Å². The summed E-state index contributed by atoms with van der Waals surface area (Å²) in [6.45, 7) is 4.35. The maximum atomic E-state index is 12.3. The van der Waals surface area contributed by atoms with Crippen molar-refractivity contribution < 1.29 is 14.3 Å². The minimum atomic E-state index is -0.671. The van der Waals surface area contributed by atoms with Gasteiger partial charge in [-0.1, -0.05) is 95.2 Å². The fourth-order valence-corrected chi connectivity index (χ4v) is 3.36. The maximum Gasteiger partial charge on any atom is 0.519 e. The molecule has 2 rings (SSSR count). The molecular formula is C25H34O3. The van der Waals surface area contributed by atoms with Gasteiger partial charge in [0.1, 0.15) is 11.5 Å². The van der Waals surface area contributed by atoms with Crippen LogP contribution in [-0.4, -0.2) is 6.16 Å². The van der Waals surface area contributed by atoms with Gasteiger partial charge in [0.15, 0.2) is 0 Å². The molecule has 0 amide bonds. The van der Waals surface area contributed by atoms with Crippen molar-refractivity contribution in [2.75, 3.05) is 0 Å². The highest BCUT2D eigenvalue weighted by Gasteiger charge is 2.13. The number of unbranched alkanes of at least 4 members (excludes halogenated alkanes) is 6. The molecule has 0 aliphatic carbocycles.